The van der Waals surface area contributed by atoms with Gasteiger partial charge in [0.05, 0.1) is 32.5 Å². The van der Waals surface area contributed by atoms with E-state index in [1.54, 1.807) is 46.5 Å². The van der Waals surface area contributed by atoms with Crippen LogP contribution in [0, 0.1) is 0 Å². The van der Waals surface area contributed by atoms with E-state index < -0.39 is 6.04 Å². The number of allylic oxidation sites excluding steroid dienone is 1. The predicted octanol–water partition coefficient (Wildman–Crippen LogP) is 6.22. The van der Waals surface area contributed by atoms with Crippen molar-refractivity contribution in [2.24, 2.45) is 0 Å². The van der Waals surface area contributed by atoms with Gasteiger partial charge in [-0.05, 0) is 50.4 Å². The van der Waals surface area contributed by atoms with Crippen LogP contribution >= 0.6 is 11.6 Å². The van der Waals surface area contributed by atoms with E-state index in [0.29, 0.717) is 46.9 Å². The van der Waals surface area contributed by atoms with Crippen LogP contribution in [-0.4, -0.2) is 66.5 Å². The fourth-order valence-corrected chi connectivity index (χ4v) is 5.40. The number of anilines is 4. The van der Waals surface area contributed by atoms with Gasteiger partial charge < -0.3 is 19.7 Å². The van der Waals surface area contributed by atoms with Crippen LogP contribution in [0.4, 0.5) is 28.1 Å². The lowest BCUT2D eigenvalue weighted by Gasteiger charge is -2.39. The Morgan fingerprint density at radius 3 is 2.65 bits per heavy atom. The van der Waals surface area contributed by atoms with Crippen LogP contribution in [0.25, 0.3) is 0 Å². The van der Waals surface area contributed by atoms with Crippen LogP contribution in [-0.2, 0) is 17.8 Å². The highest BCUT2D eigenvalue weighted by molar-refractivity contribution is 6.35. The number of urea groups is 1. The van der Waals surface area contributed by atoms with Gasteiger partial charge in [0.1, 0.15) is 28.2 Å². The molecular formula is C34H36ClN7O4. The zero-order valence-corrected chi connectivity index (χ0v) is 27.2. The smallest absolute Gasteiger partial charge is 0.331 e. The third-order valence-corrected chi connectivity index (χ3v) is 7.83. The molecular weight excluding hydrogens is 606 g/mol. The second kappa shape index (κ2) is 14.4. The Morgan fingerprint density at radius 2 is 1.93 bits per heavy atom. The lowest BCUT2D eigenvalue weighted by atomic mass is 10.00. The van der Waals surface area contributed by atoms with Crippen LogP contribution < -0.4 is 24.6 Å². The Balaban J connectivity index is 1.54. The first-order chi connectivity index (χ1) is 22.2. The van der Waals surface area contributed by atoms with Crippen molar-refractivity contribution in [3.63, 3.8) is 0 Å². The van der Waals surface area contributed by atoms with E-state index in [0.717, 1.165) is 11.1 Å². The molecule has 1 aliphatic rings. The van der Waals surface area contributed by atoms with Gasteiger partial charge in [-0.15, -0.1) is 0 Å². The largest absolute Gasteiger partial charge is 0.497 e. The number of carbonyl (C=O) groups excluding carboxylic acids is 2. The molecule has 1 N–H and O–H groups in total. The Bertz CT molecular complexity index is 1750. The molecule has 3 heterocycles. The molecule has 0 saturated carbocycles. The Morgan fingerprint density at radius 1 is 1.11 bits per heavy atom. The lowest BCUT2D eigenvalue weighted by Crippen LogP contribution is -2.49. The van der Waals surface area contributed by atoms with E-state index in [2.05, 4.69) is 15.3 Å². The molecule has 1 unspecified atom stereocenters. The molecule has 2 amide bonds. The maximum absolute atomic E-state index is 14.5. The number of amides is 2. The Labute approximate surface area is 273 Å². The van der Waals surface area contributed by atoms with Gasteiger partial charge in [0.25, 0.3) is 0 Å². The van der Waals surface area contributed by atoms with Crippen LogP contribution in [0.1, 0.15) is 29.7 Å². The van der Waals surface area contributed by atoms with Crippen molar-refractivity contribution < 1.29 is 19.1 Å². The molecule has 1 aliphatic heterocycles. The van der Waals surface area contributed by atoms with E-state index in [4.69, 9.17) is 26.1 Å². The summed E-state index contributed by atoms with van der Waals surface area (Å²) < 4.78 is 11.0. The molecule has 0 saturated heterocycles. The minimum absolute atomic E-state index is 0.00295. The highest BCUT2D eigenvalue weighted by atomic mass is 35.5. The maximum Gasteiger partial charge on any atom is 0.331 e. The molecule has 0 aliphatic carbocycles. The molecule has 2 aromatic carbocycles. The van der Waals surface area contributed by atoms with Gasteiger partial charge in [-0.3, -0.25) is 14.6 Å². The number of hydrogen-bond acceptors (Lipinski definition) is 9. The van der Waals surface area contributed by atoms with Gasteiger partial charge in [-0.2, -0.15) is 4.98 Å². The predicted molar refractivity (Wildman–Crippen MR) is 179 cm³/mol. The number of aromatic nitrogens is 3. The van der Waals surface area contributed by atoms with E-state index in [1.165, 1.54) is 14.2 Å². The van der Waals surface area contributed by atoms with Gasteiger partial charge in [-0.1, -0.05) is 48.0 Å². The van der Waals surface area contributed by atoms with Gasteiger partial charge in [0.2, 0.25) is 5.95 Å². The van der Waals surface area contributed by atoms with Crippen LogP contribution in [0.15, 0.2) is 79.1 Å². The summed E-state index contributed by atoms with van der Waals surface area (Å²) in [5, 5.41) is 3.39. The fraction of sp³-hybridized carbons (Fsp3) is 0.265. The van der Waals surface area contributed by atoms with Crippen LogP contribution in [0.5, 0.6) is 11.5 Å². The molecule has 0 radical (unpaired) electrons. The summed E-state index contributed by atoms with van der Waals surface area (Å²) >= 11 is 6.76. The quantitative estimate of drug-likeness (QED) is 0.180. The highest BCUT2D eigenvalue weighted by Crippen LogP contribution is 2.43. The lowest BCUT2D eigenvalue weighted by molar-refractivity contribution is -0.114. The number of likely N-dealkylation sites (N-methyl/N-ethyl adjacent to an activating group) is 1. The van der Waals surface area contributed by atoms with Crippen molar-refractivity contribution >= 4 is 46.7 Å². The van der Waals surface area contributed by atoms with E-state index >= 15 is 0 Å². The first kappa shape index (κ1) is 32.4. The maximum atomic E-state index is 14.5. The molecule has 4 aromatic rings. The van der Waals surface area contributed by atoms with Gasteiger partial charge >= 0.3 is 6.03 Å². The number of fused-ring (bicyclic) bond motifs is 1. The minimum atomic E-state index is -0.489. The molecule has 0 spiro atoms. The first-order valence-corrected chi connectivity index (χ1v) is 15.1. The number of carbonyl (C=O) groups is 2. The van der Waals surface area contributed by atoms with E-state index in [1.807, 2.05) is 68.4 Å². The molecule has 11 nitrogen and oxygen atoms in total. The van der Waals surface area contributed by atoms with E-state index in [-0.39, 0.29) is 29.8 Å². The van der Waals surface area contributed by atoms with Crippen molar-refractivity contribution in [1.29, 1.82) is 0 Å². The summed E-state index contributed by atoms with van der Waals surface area (Å²) in [6.45, 7) is 2.76. The number of ether oxygens (including phenoxy) is 2. The summed E-state index contributed by atoms with van der Waals surface area (Å²) in [6, 6.07) is 15.7. The first-order valence-electron chi connectivity index (χ1n) is 14.7. The van der Waals surface area contributed by atoms with Crippen LogP contribution in [0.2, 0.25) is 5.02 Å². The second-order valence-corrected chi connectivity index (χ2v) is 11.4. The highest BCUT2D eigenvalue weighted by Gasteiger charge is 2.38. The van der Waals surface area contributed by atoms with Crippen molar-refractivity contribution in [2.45, 2.75) is 25.9 Å². The van der Waals surface area contributed by atoms with Gasteiger partial charge in [0.15, 0.2) is 5.78 Å². The number of benzene rings is 2. The summed E-state index contributed by atoms with van der Waals surface area (Å²) in [5.41, 5.74) is 2.79. The fourth-order valence-electron chi connectivity index (χ4n) is 5.11. The standard InChI is InChI=1S/C34H36ClN7O4/c1-22(24-11-8-10-23(16-24)17-26(43)12-9-15-40(2)3)42-32-25(20-37-33(39-32)38-30-13-6-7-14-36-30)21-41(34(42)44)28-18-27(45-4)19-29(46-5)31(28)35/h6-14,16,18-20,22H,15,17,21H2,1-5H3,(H,36,37,38,39)/b12-9+. The molecule has 0 fully saturated rings. The van der Waals surface area contributed by atoms with Crippen molar-refractivity contribution in [1.82, 2.24) is 19.9 Å². The normalized spacial score (nSPS) is 13.6. The second-order valence-electron chi connectivity index (χ2n) is 11.0. The number of pyridine rings is 1. The molecule has 12 heteroatoms. The number of methoxy groups -OCH3 is 2. The van der Waals surface area contributed by atoms with Gasteiger partial charge in [-0.25, -0.2) is 14.8 Å². The molecule has 238 valence electrons. The van der Waals surface area contributed by atoms with Crippen LogP contribution in [0.3, 0.4) is 0 Å². The van der Waals surface area contributed by atoms with Crippen molar-refractivity contribution in [3.8, 4) is 11.5 Å². The summed E-state index contributed by atoms with van der Waals surface area (Å²) in [7, 11) is 6.93. The summed E-state index contributed by atoms with van der Waals surface area (Å²) in [5.74, 6) is 2.16. The monoisotopic (exact) mass is 641 g/mol. The Kier molecular flexibility index (Phi) is 10.1. The third kappa shape index (κ3) is 7.27. The van der Waals surface area contributed by atoms with Crippen molar-refractivity contribution in [3.05, 3.63) is 101 Å². The van der Waals surface area contributed by atoms with E-state index in [9.17, 15) is 9.59 Å². The number of halogens is 1. The third-order valence-electron chi connectivity index (χ3n) is 7.45. The molecule has 5 rings (SSSR count). The number of rotatable bonds is 12. The number of nitrogens with zero attached hydrogens (tertiary/aromatic N) is 6. The SMILES string of the molecule is COc1cc(OC)c(Cl)c(N2Cc3cnc(Nc4ccccn4)nc3N(C(C)c3cccc(CC(=O)/C=C/CN(C)C)c3)C2=O)c1. The molecule has 46 heavy (non-hydrogen) atoms. The zero-order chi connectivity index (χ0) is 32.8. The topological polar surface area (TPSA) is 113 Å². The molecule has 1 atom stereocenters. The zero-order valence-electron chi connectivity index (χ0n) is 26.4. The van der Waals surface area contributed by atoms with Gasteiger partial charge in [0, 0.05) is 43.1 Å². The average molecular weight is 642 g/mol. The molecule has 2 aromatic heterocycles. The number of nitrogens with one attached hydrogen (secondary N) is 1. The number of hydrogen-bond donors (Lipinski definition) is 1. The molecule has 0 bridgehead atoms. The average Bonchev–Trinajstić information content (AvgIpc) is 3.05. The Hall–Kier alpha value is -5.00. The summed E-state index contributed by atoms with van der Waals surface area (Å²) in [4.78, 5) is 46.0. The summed E-state index contributed by atoms with van der Waals surface area (Å²) in [6.07, 6.45) is 7.05. The number of ketones is 1. The van der Waals surface area contributed by atoms with Crippen molar-refractivity contribution in [2.75, 3.05) is 50.0 Å². The minimum Gasteiger partial charge on any atom is -0.497 e.